The molecule has 4 heterocycles. The van der Waals surface area contributed by atoms with Gasteiger partial charge in [-0.25, -0.2) is 4.68 Å². The van der Waals surface area contributed by atoms with Gasteiger partial charge in [0.25, 0.3) is 0 Å². The number of piperidine rings is 1. The third kappa shape index (κ3) is 3.61. The maximum Gasteiger partial charge on any atom is 0.325 e. The molecule has 1 spiro atoms. The van der Waals surface area contributed by atoms with Crippen LogP contribution >= 0.6 is 22.9 Å². The van der Waals surface area contributed by atoms with Crippen LogP contribution in [0, 0.1) is 0 Å². The average Bonchev–Trinajstić information content (AvgIpc) is 3.38. The summed E-state index contributed by atoms with van der Waals surface area (Å²) in [5.74, 6) is -0.0636. The summed E-state index contributed by atoms with van der Waals surface area (Å²) in [6.45, 7) is 1.42. The van der Waals surface area contributed by atoms with Gasteiger partial charge in [-0.15, -0.1) is 15.3 Å². The van der Waals surface area contributed by atoms with E-state index >= 15 is 0 Å². The van der Waals surface area contributed by atoms with Crippen molar-refractivity contribution in [2.75, 3.05) is 18.0 Å². The lowest BCUT2D eigenvalue weighted by atomic mass is 9.83. The highest BCUT2D eigenvalue weighted by molar-refractivity contribution is 7.18. The van der Waals surface area contributed by atoms with Crippen LogP contribution in [0.15, 0.2) is 24.4 Å². The van der Waals surface area contributed by atoms with E-state index in [2.05, 4.69) is 25.4 Å². The summed E-state index contributed by atoms with van der Waals surface area (Å²) in [4.78, 5) is 13.0. The van der Waals surface area contributed by atoms with Crippen LogP contribution in [0.2, 0.25) is 5.02 Å². The fourth-order valence-corrected chi connectivity index (χ4v) is 5.14. The Morgan fingerprint density at radius 1 is 1.23 bits per heavy atom. The van der Waals surface area contributed by atoms with Gasteiger partial charge < -0.3 is 14.7 Å². The Kier molecular flexibility index (Phi) is 4.82. The smallest absolute Gasteiger partial charge is 0.325 e. The maximum absolute atomic E-state index is 10.8. The normalized spacial score (nSPS) is 17.6. The first-order valence-electron chi connectivity index (χ1n) is 9.68. The first-order chi connectivity index (χ1) is 14.5. The lowest BCUT2D eigenvalue weighted by Crippen LogP contribution is -2.49. The van der Waals surface area contributed by atoms with Crippen molar-refractivity contribution in [1.29, 1.82) is 0 Å². The van der Waals surface area contributed by atoms with Crippen LogP contribution in [0.3, 0.4) is 0 Å². The van der Waals surface area contributed by atoms with E-state index in [1.54, 1.807) is 6.20 Å². The average molecular weight is 447 g/mol. The van der Waals surface area contributed by atoms with Crippen LogP contribution in [0.5, 0.6) is 5.75 Å². The van der Waals surface area contributed by atoms with Crippen LogP contribution in [0.25, 0.3) is 10.7 Å². The second-order valence-electron chi connectivity index (χ2n) is 7.57. The summed E-state index contributed by atoms with van der Waals surface area (Å²) >= 11 is 7.74. The number of hydrogen-bond donors (Lipinski definition) is 1. The van der Waals surface area contributed by atoms with Crippen LogP contribution in [0.4, 0.5) is 5.13 Å². The number of anilines is 1. The van der Waals surface area contributed by atoms with Gasteiger partial charge in [-0.3, -0.25) is 4.79 Å². The van der Waals surface area contributed by atoms with Crippen molar-refractivity contribution in [3.63, 3.8) is 0 Å². The van der Waals surface area contributed by atoms with Crippen LogP contribution in [-0.2, 0) is 17.8 Å². The molecule has 1 fully saturated rings. The number of ether oxygens (including phenoxy) is 1. The number of aromatic nitrogens is 5. The number of rotatable bonds is 4. The molecule has 0 unspecified atom stereocenters. The Labute approximate surface area is 181 Å². The molecule has 2 aromatic heterocycles. The molecule has 1 saturated heterocycles. The highest BCUT2D eigenvalue weighted by atomic mass is 35.5. The van der Waals surface area contributed by atoms with E-state index in [-0.39, 0.29) is 12.1 Å². The van der Waals surface area contributed by atoms with Crippen molar-refractivity contribution < 1.29 is 14.6 Å². The first-order valence-corrected chi connectivity index (χ1v) is 10.9. The first kappa shape index (κ1) is 19.3. The minimum Gasteiger partial charge on any atom is -0.487 e. The predicted molar refractivity (Wildman–Crippen MR) is 111 cm³/mol. The molecule has 0 atom stereocenters. The van der Waals surface area contributed by atoms with Crippen molar-refractivity contribution in [2.24, 2.45) is 0 Å². The van der Waals surface area contributed by atoms with Gasteiger partial charge in [-0.2, -0.15) is 0 Å². The molecular weight excluding hydrogens is 428 g/mol. The standard InChI is InChI=1S/C19H19ClN6O3S/c20-13-2-1-3-15-12(13)4-5-19(29-15)6-8-25(9-7-19)18-23-22-17(30-18)14-10-26(24-21-14)11-16(27)28/h1-3,10H,4-9,11H2,(H,27,28). The molecule has 156 valence electrons. The van der Waals surface area contributed by atoms with Gasteiger partial charge in [-0.05, 0) is 25.0 Å². The second-order valence-corrected chi connectivity index (χ2v) is 8.94. The number of halogens is 1. The number of carboxylic acid groups (broad SMARTS) is 1. The molecule has 2 aliphatic heterocycles. The van der Waals surface area contributed by atoms with E-state index in [1.165, 1.54) is 16.0 Å². The Balaban J connectivity index is 1.25. The summed E-state index contributed by atoms with van der Waals surface area (Å²) < 4.78 is 7.69. The van der Waals surface area contributed by atoms with Crippen molar-refractivity contribution >= 4 is 34.0 Å². The summed E-state index contributed by atoms with van der Waals surface area (Å²) in [7, 11) is 0. The molecule has 11 heteroatoms. The van der Waals surface area contributed by atoms with Crippen LogP contribution < -0.4 is 9.64 Å². The molecule has 30 heavy (non-hydrogen) atoms. The van der Waals surface area contributed by atoms with Crippen LogP contribution in [-0.4, -0.2) is 55.0 Å². The van der Waals surface area contributed by atoms with Crippen molar-refractivity contribution in [2.45, 2.75) is 37.8 Å². The molecule has 0 amide bonds. The Morgan fingerprint density at radius 2 is 2.07 bits per heavy atom. The molecule has 2 aliphatic rings. The molecular formula is C19H19ClN6O3S. The van der Waals surface area contributed by atoms with Gasteiger partial charge >= 0.3 is 5.97 Å². The lowest BCUT2D eigenvalue weighted by Gasteiger charge is -2.44. The van der Waals surface area contributed by atoms with E-state index in [9.17, 15) is 4.79 Å². The molecule has 3 aromatic rings. The summed E-state index contributed by atoms with van der Waals surface area (Å²) in [5.41, 5.74) is 1.48. The fraction of sp³-hybridized carbons (Fsp3) is 0.421. The fourth-order valence-electron chi connectivity index (χ4n) is 4.03. The maximum atomic E-state index is 10.8. The number of nitrogens with zero attached hydrogens (tertiary/aromatic N) is 6. The molecule has 0 bridgehead atoms. The molecule has 0 saturated carbocycles. The van der Waals surface area contributed by atoms with Crippen molar-refractivity contribution in [1.82, 2.24) is 25.2 Å². The van der Waals surface area contributed by atoms with Gasteiger partial charge in [0.1, 0.15) is 23.6 Å². The summed E-state index contributed by atoms with van der Waals surface area (Å²) in [6, 6.07) is 5.85. The lowest BCUT2D eigenvalue weighted by molar-refractivity contribution is -0.137. The minimum atomic E-state index is -0.971. The van der Waals surface area contributed by atoms with E-state index in [0.717, 1.165) is 60.2 Å². The van der Waals surface area contributed by atoms with Gasteiger partial charge in [0.2, 0.25) is 5.13 Å². The zero-order valence-corrected chi connectivity index (χ0v) is 17.6. The largest absolute Gasteiger partial charge is 0.487 e. The minimum absolute atomic E-state index is 0.152. The van der Waals surface area contributed by atoms with E-state index in [1.807, 2.05) is 18.2 Å². The van der Waals surface area contributed by atoms with E-state index in [0.29, 0.717) is 10.7 Å². The molecule has 0 aliphatic carbocycles. The van der Waals surface area contributed by atoms with Crippen molar-refractivity contribution in [3.8, 4) is 16.5 Å². The predicted octanol–water partition coefficient (Wildman–Crippen LogP) is 2.90. The molecule has 1 aromatic carbocycles. The summed E-state index contributed by atoms with van der Waals surface area (Å²) in [6.07, 6.45) is 5.28. The number of carboxylic acids is 1. The molecule has 1 N–H and O–H groups in total. The third-order valence-electron chi connectivity index (χ3n) is 5.65. The van der Waals surface area contributed by atoms with Gasteiger partial charge in [-0.1, -0.05) is 34.2 Å². The van der Waals surface area contributed by atoms with E-state index in [4.69, 9.17) is 21.4 Å². The quantitative estimate of drug-likeness (QED) is 0.652. The highest BCUT2D eigenvalue weighted by Gasteiger charge is 2.40. The topological polar surface area (TPSA) is 106 Å². The monoisotopic (exact) mass is 446 g/mol. The number of aliphatic carboxylic acids is 1. The molecule has 9 nitrogen and oxygen atoms in total. The Bertz CT molecular complexity index is 1090. The van der Waals surface area contributed by atoms with Gasteiger partial charge in [0, 0.05) is 36.5 Å². The number of benzene rings is 1. The Hall–Kier alpha value is -2.72. The second kappa shape index (κ2) is 7.51. The highest BCUT2D eigenvalue weighted by Crippen LogP contribution is 2.42. The zero-order chi connectivity index (χ0) is 20.7. The van der Waals surface area contributed by atoms with E-state index < -0.39 is 5.97 Å². The SMILES string of the molecule is O=C(O)Cn1cc(-c2nnc(N3CCC4(CCc5c(Cl)cccc5O4)CC3)s2)nn1. The molecule has 0 radical (unpaired) electrons. The number of carbonyl (C=O) groups is 1. The number of fused-ring (bicyclic) bond motifs is 1. The molecule has 5 rings (SSSR count). The number of hydrogen-bond acceptors (Lipinski definition) is 8. The van der Waals surface area contributed by atoms with Crippen LogP contribution in [0.1, 0.15) is 24.8 Å². The summed E-state index contributed by atoms with van der Waals surface area (Å²) in [5, 5.41) is 27.4. The van der Waals surface area contributed by atoms with Gasteiger partial charge in [0.15, 0.2) is 5.01 Å². The Morgan fingerprint density at radius 3 is 2.87 bits per heavy atom. The zero-order valence-electron chi connectivity index (χ0n) is 16.0. The third-order valence-corrected chi connectivity index (χ3v) is 7.01. The van der Waals surface area contributed by atoms with Gasteiger partial charge in [0.05, 0.1) is 6.20 Å². The van der Waals surface area contributed by atoms with Crippen molar-refractivity contribution in [3.05, 3.63) is 35.0 Å².